The summed E-state index contributed by atoms with van der Waals surface area (Å²) in [5, 5.41) is 11.7. The van der Waals surface area contributed by atoms with E-state index >= 15 is 0 Å². The summed E-state index contributed by atoms with van der Waals surface area (Å²) in [5.74, 6) is 0.928. The van der Waals surface area contributed by atoms with Gasteiger partial charge in [0.2, 0.25) is 0 Å². The van der Waals surface area contributed by atoms with Gasteiger partial charge >= 0.3 is 0 Å². The summed E-state index contributed by atoms with van der Waals surface area (Å²) in [6, 6.07) is 16.8. The standard InChI is InChI=1S/C22H25N3O2/c26-22(15-18-3-1-2-4-20(18)21-23-9-10-25(21)22)19-7-5-17(6-8-19)16-24-11-13-27-14-12-24/h1-8,26H,9-16H2. The largest absolute Gasteiger partial charge is 0.379 e. The van der Waals surface area contributed by atoms with Crippen molar-refractivity contribution >= 4 is 5.84 Å². The van der Waals surface area contributed by atoms with E-state index in [0.29, 0.717) is 6.42 Å². The van der Waals surface area contributed by atoms with Crippen LogP contribution < -0.4 is 0 Å². The van der Waals surface area contributed by atoms with Crippen LogP contribution in [0.3, 0.4) is 0 Å². The van der Waals surface area contributed by atoms with Crippen molar-refractivity contribution in [3.05, 3.63) is 70.8 Å². The van der Waals surface area contributed by atoms with E-state index in [1.165, 1.54) is 5.56 Å². The lowest BCUT2D eigenvalue weighted by atomic mass is 9.86. The molecule has 0 amide bonds. The first-order chi connectivity index (χ1) is 13.2. The Labute approximate surface area is 159 Å². The molecule has 1 N–H and O–H groups in total. The molecule has 0 bridgehead atoms. The van der Waals surface area contributed by atoms with Gasteiger partial charge in [-0.2, -0.15) is 0 Å². The summed E-state index contributed by atoms with van der Waals surface area (Å²) in [4.78, 5) is 9.17. The zero-order chi connectivity index (χ0) is 18.3. The van der Waals surface area contributed by atoms with Crippen LogP contribution >= 0.6 is 0 Å². The monoisotopic (exact) mass is 363 g/mol. The fourth-order valence-corrected chi connectivity index (χ4v) is 4.44. The third-order valence-electron chi connectivity index (χ3n) is 5.91. The van der Waals surface area contributed by atoms with E-state index in [4.69, 9.17) is 4.74 Å². The highest BCUT2D eigenvalue weighted by Crippen LogP contribution is 2.38. The SMILES string of the molecule is OC1(c2ccc(CN3CCOCC3)cc2)Cc2ccccc2C2=NCCN21. The van der Waals surface area contributed by atoms with Gasteiger partial charge in [-0.1, -0.05) is 48.5 Å². The van der Waals surface area contributed by atoms with Gasteiger partial charge in [-0.05, 0) is 11.1 Å². The lowest BCUT2D eigenvalue weighted by molar-refractivity contribution is -0.0745. The number of nitrogens with zero attached hydrogens (tertiary/aromatic N) is 3. The minimum atomic E-state index is -1.03. The van der Waals surface area contributed by atoms with E-state index in [1.807, 2.05) is 12.1 Å². The molecule has 0 aliphatic carbocycles. The van der Waals surface area contributed by atoms with Crippen LogP contribution in [0.15, 0.2) is 53.5 Å². The number of ether oxygens (including phenoxy) is 1. The van der Waals surface area contributed by atoms with Gasteiger partial charge in [-0.3, -0.25) is 9.89 Å². The molecule has 0 aromatic heterocycles. The smallest absolute Gasteiger partial charge is 0.169 e. The predicted octanol–water partition coefficient (Wildman–Crippen LogP) is 1.98. The summed E-state index contributed by atoms with van der Waals surface area (Å²) in [6.07, 6.45) is 0.588. The quantitative estimate of drug-likeness (QED) is 0.906. The number of hydrogen-bond donors (Lipinski definition) is 1. The van der Waals surface area contributed by atoms with Gasteiger partial charge in [0.15, 0.2) is 5.72 Å². The van der Waals surface area contributed by atoms with Crippen molar-refractivity contribution in [3.63, 3.8) is 0 Å². The molecule has 27 heavy (non-hydrogen) atoms. The van der Waals surface area contributed by atoms with Crippen molar-refractivity contribution < 1.29 is 9.84 Å². The highest BCUT2D eigenvalue weighted by atomic mass is 16.5. The highest BCUT2D eigenvalue weighted by molar-refractivity contribution is 6.02. The Morgan fingerprint density at radius 3 is 2.59 bits per heavy atom. The van der Waals surface area contributed by atoms with Crippen LogP contribution in [0.25, 0.3) is 0 Å². The summed E-state index contributed by atoms with van der Waals surface area (Å²) in [6.45, 7) is 6.02. The lowest BCUT2D eigenvalue weighted by Gasteiger charge is -2.43. The van der Waals surface area contributed by atoms with Crippen LogP contribution in [0.2, 0.25) is 0 Å². The summed E-state index contributed by atoms with van der Waals surface area (Å²) in [7, 11) is 0. The Morgan fingerprint density at radius 2 is 1.78 bits per heavy atom. The summed E-state index contributed by atoms with van der Waals surface area (Å²) in [5.41, 5.74) is 3.51. The van der Waals surface area contributed by atoms with Gasteiger partial charge in [0.1, 0.15) is 5.84 Å². The number of aliphatic imine (C=N–C) groups is 1. The van der Waals surface area contributed by atoms with Crippen molar-refractivity contribution in [1.29, 1.82) is 0 Å². The summed E-state index contributed by atoms with van der Waals surface area (Å²) >= 11 is 0. The first kappa shape index (κ1) is 16.9. The van der Waals surface area contributed by atoms with E-state index in [9.17, 15) is 5.11 Å². The number of benzene rings is 2. The summed E-state index contributed by atoms with van der Waals surface area (Å²) < 4.78 is 5.43. The number of amidine groups is 1. The van der Waals surface area contributed by atoms with Crippen LogP contribution in [-0.2, 0) is 23.4 Å². The minimum absolute atomic E-state index is 0.588. The molecule has 2 aromatic rings. The molecule has 0 spiro atoms. The molecule has 140 valence electrons. The zero-order valence-electron chi connectivity index (χ0n) is 15.5. The van der Waals surface area contributed by atoms with Crippen LogP contribution in [0.4, 0.5) is 0 Å². The lowest BCUT2D eigenvalue weighted by Crippen LogP contribution is -2.53. The van der Waals surface area contributed by atoms with Crippen LogP contribution in [-0.4, -0.2) is 60.1 Å². The molecule has 5 heteroatoms. The van der Waals surface area contributed by atoms with Crippen molar-refractivity contribution in [2.75, 3.05) is 39.4 Å². The van der Waals surface area contributed by atoms with Crippen LogP contribution in [0.5, 0.6) is 0 Å². The average molecular weight is 363 g/mol. The zero-order valence-corrected chi connectivity index (χ0v) is 15.5. The Kier molecular flexibility index (Phi) is 4.23. The second-order valence-corrected chi connectivity index (χ2v) is 7.59. The van der Waals surface area contributed by atoms with E-state index in [1.54, 1.807) is 0 Å². The number of rotatable bonds is 3. The molecule has 1 atom stereocenters. The highest BCUT2D eigenvalue weighted by Gasteiger charge is 2.44. The van der Waals surface area contributed by atoms with E-state index in [-0.39, 0.29) is 0 Å². The fraction of sp³-hybridized carbons (Fsp3) is 0.409. The maximum Gasteiger partial charge on any atom is 0.169 e. The van der Waals surface area contributed by atoms with Crippen molar-refractivity contribution in [2.24, 2.45) is 4.99 Å². The van der Waals surface area contributed by atoms with Gasteiger partial charge in [0.25, 0.3) is 0 Å². The van der Waals surface area contributed by atoms with Crippen LogP contribution in [0, 0.1) is 0 Å². The molecule has 2 aromatic carbocycles. The maximum absolute atomic E-state index is 11.7. The topological polar surface area (TPSA) is 48.3 Å². The first-order valence-corrected chi connectivity index (χ1v) is 9.76. The molecule has 5 rings (SSSR count). The van der Waals surface area contributed by atoms with E-state index in [2.05, 4.69) is 51.2 Å². The van der Waals surface area contributed by atoms with Crippen molar-refractivity contribution in [1.82, 2.24) is 9.80 Å². The van der Waals surface area contributed by atoms with E-state index < -0.39 is 5.72 Å². The molecule has 5 nitrogen and oxygen atoms in total. The fourth-order valence-electron chi connectivity index (χ4n) is 4.44. The van der Waals surface area contributed by atoms with Crippen molar-refractivity contribution in [3.8, 4) is 0 Å². The van der Waals surface area contributed by atoms with Gasteiger partial charge in [0, 0.05) is 43.7 Å². The predicted molar refractivity (Wildman–Crippen MR) is 105 cm³/mol. The average Bonchev–Trinajstić information content (AvgIpc) is 3.21. The maximum atomic E-state index is 11.7. The number of morpholine rings is 1. The molecule has 1 unspecified atom stereocenters. The van der Waals surface area contributed by atoms with Gasteiger partial charge in [-0.15, -0.1) is 0 Å². The molecule has 0 saturated carbocycles. The molecule has 1 saturated heterocycles. The first-order valence-electron chi connectivity index (χ1n) is 9.76. The second kappa shape index (κ2) is 6.75. The minimum Gasteiger partial charge on any atom is -0.379 e. The molecule has 1 fully saturated rings. The molecule has 3 heterocycles. The third kappa shape index (κ3) is 2.96. The Balaban J connectivity index is 1.43. The number of aliphatic hydroxyl groups is 1. The number of fused-ring (bicyclic) bond motifs is 3. The van der Waals surface area contributed by atoms with Gasteiger partial charge in [0.05, 0.1) is 19.8 Å². The molecule has 3 aliphatic heterocycles. The Bertz CT molecular complexity index is 858. The molecular formula is C22H25N3O2. The van der Waals surface area contributed by atoms with Gasteiger partial charge < -0.3 is 14.7 Å². The van der Waals surface area contributed by atoms with Crippen LogP contribution in [0.1, 0.15) is 22.3 Å². The normalized spacial score (nSPS) is 25.1. The van der Waals surface area contributed by atoms with Crippen molar-refractivity contribution in [2.45, 2.75) is 18.7 Å². The molecule has 3 aliphatic rings. The third-order valence-corrected chi connectivity index (χ3v) is 5.91. The van der Waals surface area contributed by atoms with E-state index in [0.717, 1.165) is 68.5 Å². The van der Waals surface area contributed by atoms with Gasteiger partial charge in [-0.25, -0.2) is 0 Å². The molecular weight excluding hydrogens is 338 g/mol. The number of hydrogen-bond acceptors (Lipinski definition) is 5. The second-order valence-electron chi connectivity index (χ2n) is 7.59. The Morgan fingerprint density at radius 1 is 1.00 bits per heavy atom. The molecule has 0 radical (unpaired) electrons. The Hall–Kier alpha value is -2.21.